The van der Waals surface area contributed by atoms with Gasteiger partial charge in [-0.1, -0.05) is 41.6 Å². The molecule has 6 nitrogen and oxygen atoms in total. The summed E-state index contributed by atoms with van der Waals surface area (Å²) in [4.78, 5) is 29.0. The number of carbonyl (C=O) groups excluding carboxylic acids is 1. The number of halogens is 1. The highest BCUT2D eigenvalue weighted by atomic mass is 32.2. The first-order chi connectivity index (χ1) is 13.8. The lowest BCUT2D eigenvalue weighted by Crippen LogP contribution is -2.25. The Morgan fingerprint density at radius 1 is 1.21 bits per heavy atom. The van der Waals surface area contributed by atoms with Crippen LogP contribution in [0.5, 0.6) is 5.88 Å². The number of amides is 1. The van der Waals surface area contributed by atoms with Crippen LogP contribution in [0.4, 0.5) is 10.1 Å². The second-order valence-electron chi connectivity index (χ2n) is 6.59. The molecule has 0 saturated heterocycles. The number of anilines is 1. The van der Waals surface area contributed by atoms with E-state index in [1.807, 2.05) is 32.0 Å². The van der Waals surface area contributed by atoms with Crippen molar-refractivity contribution >= 4 is 23.4 Å². The van der Waals surface area contributed by atoms with Gasteiger partial charge in [0.25, 0.3) is 5.56 Å². The molecule has 0 spiro atoms. The van der Waals surface area contributed by atoms with Crippen molar-refractivity contribution in [2.24, 2.45) is 0 Å². The number of rotatable bonds is 5. The van der Waals surface area contributed by atoms with Gasteiger partial charge in [0, 0.05) is 5.69 Å². The summed E-state index contributed by atoms with van der Waals surface area (Å²) in [5.74, 6) is -1.43. The number of carbonyl (C=O) groups is 1. The molecule has 0 aliphatic carbocycles. The summed E-state index contributed by atoms with van der Waals surface area (Å²) < 4.78 is 15.4. The van der Waals surface area contributed by atoms with Crippen LogP contribution in [0.2, 0.25) is 0 Å². The number of thioether (sulfide) groups is 1. The first-order valence-corrected chi connectivity index (χ1v) is 9.84. The highest BCUT2D eigenvalue weighted by Gasteiger charge is 2.18. The third-order valence-corrected chi connectivity index (χ3v) is 5.27. The molecule has 0 fully saturated rings. The summed E-state index contributed by atoms with van der Waals surface area (Å²) >= 11 is 0.937. The Morgan fingerprint density at radius 2 is 1.93 bits per heavy atom. The zero-order valence-electron chi connectivity index (χ0n) is 16.2. The van der Waals surface area contributed by atoms with Crippen LogP contribution in [0.15, 0.2) is 52.4 Å². The lowest BCUT2D eigenvalue weighted by molar-refractivity contribution is -0.113. The maximum absolute atomic E-state index is 14.3. The standard InChI is InChI=1S/C21H20FN3O3S/c1-12-8-9-16(13(2)10-12)23-18(26)11-29-21-24-19(27)14(3)20(28)25(21)17-7-5-4-6-15(17)22/h4-10,27H,11H2,1-3H3,(H,23,26). The van der Waals surface area contributed by atoms with E-state index >= 15 is 0 Å². The van der Waals surface area contributed by atoms with Gasteiger partial charge in [0.15, 0.2) is 5.16 Å². The van der Waals surface area contributed by atoms with Gasteiger partial charge in [-0.05, 0) is 44.5 Å². The zero-order valence-corrected chi connectivity index (χ0v) is 17.0. The minimum absolute atomic E-state index is 0.00247. The van der Waals surface area contributed by atoms with E-state index in [9.17, 15) is 19.1 Å². The van der Waals surface area contributed by atoms with Gasteiger partial charge in [-0.25, -0.2) is 4.39 Å². The number of aromatic hydroxyl groups is 1. The Kier molecular flexibility index (Phi) is 6.03. The van der Waals surface area contributed by atoms with Gasteiger partial charge in [-0.15, -0.1) is 0 Å². The van der Waals surface area contributed by atoms with Crippen LogP contribution in [0, 0.1) is 26.6 Å². The summed E-state index contributed by atoms with van der Waals surface area (Å²) in [7, 11) is 0. The molecule has 0 bridgehead atoms. The van der Waals surface area contributed by atoms with Crippen molar-refractivity contribution in [1.82, 2.24) is 9.55 Å². The molecule has 3 rings (SSSR count). The van der Waals surface area contributed by atoms with Gasteiger partial charge in [0.05, 0.1) is 17.0 Å². The molecule has 150 valence electrons. The van der Waals surface area contributed by atoms with E-state index < -0.39 is 17.3 Å². The smallest absolute Gasteiger partial charge is 0.265 e. The molecule has 8 heteroatoms. The van der Waals surface area contributed by atoms with E-state index in [1.54, 1.807) is 6.07 Å². The topological polar surface area (TPSA) is 84.2 Å². The van der Waals surface area contributed by atoms with Gasteiger partial charge in [-0.2, -0.15) is 4.98 Å². The van der Waals surface area contributed by atoms with Crippen LogP contribution in [0.25, 0.3) is 5.69 Å². The largest absolute Gasteiger partial charge is 0.493 e. The fraction of sp³-hybridized carbons (Fsp3) is 0.190. The van der Waals surface area contributed by atoms with Crippen LogP contribution in [-0.2, 0) is 4.79 Å². The van der Waals surface area contributed by atoms with Crippen molar-refractivity contribution in [1.29, 1.82) is 0 Å². The summed E-state index contributed by atoms with van der Waals surface area (Å²) in [6.07, 6.45) is 0. The molecule has 3 aromatic rings. The first kappa shape index (κ1) is 20.6. The molecular formula is C21H20FN3O3S. The predicted molar refractivity (Wildman–Crippen MR) is 111 cm³/mol. The lowest BCUT2D eigenvalue weighted by atomic mass is 10.1. The van der Waals surface area contributed by atoms with Crippen molar-refractivity contribution in [2.75, 3.05) is 11.1 Å². The lowest BCUT2D eigenvalue weighted by Gasteiger charge is -2.14. The highest BCUT2D eigenvalue weighted by molar-refractivity contribution is 7.99. The Balaban J connectivity index is 1.88. The summed E-state index contributed by atoms with van der Waals surface area (Å²) in [6, 6.07) is 11.4. The Labute approximate surface area is 171 Å². The molecule has 1 aromatic heterocycles. The van der Waals surface area contributed by atoms with E-state index in [2.05, 4.69) is 10.3 Å². The third-order valence-electron chi connectivity index (χ3n) is 4.33. The zero-order chi connectivity index (χ0) is 21.1. The molecule has 0 aliphatic heterocycles. The summed E-state index contributed by atoms with van der Waals surface area (Å²) in [5.41, 5.74) is 2.11. The molecular weight excluding hydrogens is 393 g/mol. The van der Waals surface area contributed by atoms with Crippen molar-refractivity contribution in [2.45, 2.75) is 25.9 Å². The predicted octanol–water partition coefficient (Wildman–Crippen LogP) is 3.73. The van der Waals surface area contributed by atoms with Crippen molar-refractivity contribution in [3.05, 3.63) is 75.3 Å². The molecule has 2 aromatic carbocycles. The summed E-state index contributed by atoms with van der Waals surface area (Å²) in [5, 5.41) is 12.8. The van der Waals surface area contributed by atoms with E-state index in [0.29, 0.717) is 5.69 Å². The average Bonchev–Trinajstić information content (AvgIpc) is 2.68. The molecule has 0 unspecified atom stereocenters. The Morgan fingerprint density at radius 3 is 2.62 bits per heavy atom. The minimum atomic E-state index is -0.608. The van der Waals surface area contributed by atoms with Crippen LogP contribution in [0.3, 0.4) is 0 Å². The highest BCUT2D eigenvalue weighted by Crippen LogP contribution is 2.24. The maximum atomic E-state index is 14.3. The second kappa shape index (κ2) is 8.48. The molecule has 2 N–H and O–H groups in total. The average molecular weight is 413 g/mol. The van der Waals surface area contributed by atoms with Gasteiger partial charge in [0.1, 0.15) is 5.82 Å². The SMILES string of the molecule is Cc1ccc(NC(=O)CSc2nc(O)c(C)c(=O)n2-c2ccccc2F)c(C)c1. The van der Waals surface area contributed by atoms with Gasteiger partial charge in [0.2, 0.25) is 11.8 Å². The number of aryl methyl sites for hydroxylation is 2. The van der Waals surface area contributed by atoms with Crippen LogP contribution >= 0.6 is 11.8 Å². The van der Waals surface area contributed by atoms with Gasteiger partial charge in [-0.3, -0.25) is 14.2 Å². The number of nitrogens with zero attached hydrogens (tertiary/aromatic N) is 2. The summed E-state index contributed by atoms with van der Waals surface area (Å²) in [6.45, 7) is 5.26. The van der Waals surface area contributed by atoms with Gasteiger partial charge >= 0.3 is 0 Å². The molecule has 1 amide bonds. The van der Waals surface area contributed by atoms with E-state index in [4.69, 9.17) is 0 Å². The molecule has 0 radical (unpaired) electrons. The number of aromatic nitrogens is 2. The Hall–Kier alpha value is -3.13. The first-order valence-electron chi connectivity index (χ1n) is 8.85. The van der Waals surface area contributed by atoms with Gasteiger partial charge < -0.3 is 10.4 Å². The van der Waals surface area contributed by atoms with E-state index in [0.717, 1.165) is 27.5 Å². The van der Waals surface area contributed by atoms with Crippen molar-refractivity contribution in [3.63, 3.8) is 0 Å². The Bertz CT molecular complexity index is 1140. The fourth-order valence-electron chi connectivity index (χ4n) is 2.79. The number of benzene rings is 2. The monoisotopic (exact) mass is 413 g/mol. The third kappa shape index (κ3) is 4.48. The maximum Gasteiger partial charge on any atom is 0.265 e. The quantitative estimate of drug-likeness (QED) is 0.492. The second-order valence-corrected chi connectivity index (χ2v) is 7.53. The number of para-hydroxylation sites is 1. The molecule has 0 saturated carbocycles. The number of hydrogen-bond acceptors (Lipinski definition) is 5. The van der Waals surface area contributed by atoms with Crippen molar-refractivity contribution in [3.8, 4) is 11.6 Å². The number of hydrogen-bond donors (Lipinski definition) is 2. The minimum Gasteiger partial charge on any atom is -0.493 e. The van der Waals surface area contributed by atoms with Crippen LogP contribution in [-0.4, -0.2) is 26.3 Å². The van der Waals surface area contributed by atoms with Crippen molar-refractivity contribution < 1.29 is 14.3 Å². The molecule has 29 heavy (non-hydrogen) atoms. The normalized spacial score (nSPS) is 10.8. The molecule has 0 atom stereocenters. The fourth-order valence-corrected chi connectivity index (χ4v) is 3.58. The molecule has 0 aliphatic rings. The molecule has 1 heterocycles. The van der Waals surface area contributed by atoms with Crippen LogP contribution < -0.4 is 10.9 Å². The van der Waals surface area contributed by atoms with E-state index in [-0.39, 0.29) is 28.1 Å². The number of nitrogens with one attached hydrogen (secondary N) is 1. The van der Waals surface area contributed by atoms with Crippen LogP contribution in [0.1, 0.15) is 16.7 Å². The van der Waals surface area contributed by atoms with E-state index in [1.165, 1.54) is 25.1 Å².